The Bertz CT molecular complexity index is 792. The Balaban J connectivity index is 1.91. The lowest BCUT2D eigenvalue weighted by Gasteiger charge is -2.16. The van der Waals surface area contributed by atoms with Gasteiger partial charge in [0.15, 0.2) is 0 Å². The van der Waals surface area contributed by atoms with Gasteiger partial charge in [0.1, 0.15) is 5.82 Å². The summed E-state index contributed by atoms with van der Waals surface area (Å²) in [5.41, 5.74) is 4.52. The van der Waals surface area contributed by atoms with E-state index in [-0.39, 0.29) is 6.04 Å². The van der Waals surface area contributed by atoms with Gasteiger partial charge < -0.3 is 9.88 Å². The number of halogens is 1. The van der Waals surface area contributed by atoms with E-state index in [4.69, 9.17) is 4.98 Å². The van der Waals surface area contributed by atoms with E-state index in [1.807, 2.05) is 12.1 Å². The smallest absolute Gasteiger partial charge is 0.131 e. The summed E-state index contributed by atoms with van der Waals surface area (Å²) in [7, 11) is 2.07. The fourth-order valence-corrected chi connectivity index (χ4v) is 2.85. The van der Waals surface area contributed by atoms with Gasteiger partial charge in [-0.1, -0.05) is 28.1 Å². The van der Waals surface area contributed by atoms with Crippen LogP contribution in [0.3, 0.4) is 0 Å². The fourth-order valence-electron chi connectivity index (χ4n) is 2.60. The number of hydrogen-bond donors (Lipinski definition) is 1. The molecular weight excluding hydrogens is 326 g/mol. The monoisotopic (exact) mass is 343 g/mol. The number of rotatable bonds is 3. The molecule has 3 rings (SSSR count). The van der Waals surface area contributed by atoms with E-state index in [0.29, 0.717) is 0 Å². The summed E-state index contributed by atoms with van der Waals surface area (Å²) in [5, 5.41) is 3.52. The molecule has 0 aliphatic heterocycles. The van der Waals surface area contributed by atoms with Crippen LogP contribution in [0.4, 0.5) is 5.69 Å². The first-order valence-corrected chi connectivity index (χ1v) is 7.79. The summed E-state index contributed by atoms with van der Waals surface area (Å²) in [6.45, 7) is 4.23. The molecule has 1 atom stereocenters. The van der Waals surface area contributed by atoms with Crippen molar-refractivity contribution >= 4 is 32.7 Å². The lowest BCUT2D eigenvalue weighted by molar-refractivity contribution is 0.734. The summed E-state index contributed by atoms with van der Waals surface area (Å²) in [4.78, 5) is 4.74. The van der Waals surface area contributed by atoms with E-state index in [0.717, 1.165) is 27.0 Å². The first-order chi connectivity index (χ1) is 10.1. The van der Waals surface area contributed by atoms with Crippen molar-refractivity contribution in [2.24, 2.45) is 7.05 Å². The van der Waals surface area contributed by atoms with Crippen LogP contribution in [0, 0.1) is 6.92 Å². The zero-order chi connectivity index (χ0) is 15.0. The quantitative estimate of drug-likeness (QED) is 0.738. The van der Waals surface area contributed by atoms with Gasteiger partial charge in [-0.15, -0.1) is 0 Å². The first-order valence-electron chi connectivity index (χ1n) is 7.00. The molecule has 0 aliphatic rings. The van der Waals surface area contributed by atoms with Gasteiger partial charge in [-0.25, -0.2) is 4.98 Å². The van der Waals surface area contributed by atoms with Gasteiger partial charge in [-0.3, -0.25) is 0 Å². The van der Waals surface area contributed by atoms with E-state index in [2.05, 4.69) is 77.0 Å². The Labute approximate surface area is 133 Å². The molecule has 3 nitrogen and oxygen atoms in total. The van der Waals surface area contributed by atoms with Crippen molar-refractivity contribution in [2.45, 2.75) is 19.9 Å². The Kier molecular flexibility index (Phi) is 3.72. The summed E-state index contributed by atoms with van der Waals surface area (Å²) in [6, 6.07) is 14.7. The van der Waals surface area contributed by atoms with E-state index in [1.165, 1.54) is 5.56 Å². The largest absolute Gasteiger partial charge is 0.375 e. The highest BCUT2D eigenvalue weighted by atomic mass is 79.9. The van der Waals surface area contributed by atoms with Gasteiger partial charge in [0.2, 0.25) is 0 Å². The highest BCUT2D eigenvalue weighted by Crippen LogP contribution is 2.25. The van der Waals surface area contributed by atoms with E-state index >= 15 is 0 Å². The number of para-hydroxylation sites is 2. The van der Waals surface area contributed by atoms with E-state index in [1.54, 1.807) is 0 Å². The zero-order valence-corrected chi connectivity index (χ0v) is 14.0. The van der Waals surface area contributed by atoms with Crippen LogP contribution < -0.4 is 5.32 Å². The maximum atomic E-state index is 4.74. The number of fused-ring (bicyclic) bond motifs is 1. The predicted molar refractivity (Wildman–Crippen MR) is 91.6 cm³/mol. The number of aromatic nitrogens is 2. The Morgan fingerprint density at radius 3 is 2.67 bits per heavy atom. The minimum Gasteiger partial charge on any atom is -0.375 e. The van der Waals surface area contributed by atoms with Gasteiger partial charge in [0.05, 0.1) is 17.1 Å². The second kappa shape index (κ2) is 5.53. The topological polar surface area (TPSA) is 29.9 Å². The number of nitrogens with zero attached hydrogens (tertiary/aromatic N) is 2. The Morgan fingerprint density at radius 1 is 1.19 bits per heavy atom. The van der Waals surface area contributed by atoms with E-state index in [9.17, 15) is 0 Å². The van der Waals surface area contributed by atoms with Crippen LogP contribution in [0.2, 0.25) is 0 Å². The maximum Gasteiger partial charge on any atom is 0.131 e. The van der Waals surface area contributed by atoms with Crippen LogP contribution in [0.15, 0.2) is 46.9 Å². The maximum absolute atomic E-state index is 4.74. The van der Waals surface area contributed by atoms with Crippen LogP contribution >= 0.6 is 15.9 Å². The molecule has 3 aromatic rings. The lowest BCUT2D eigenvalue weighted by atomic mass is 10.2. The van der Waals surface area contributed by atoms with Gasteiger partial charge in [-0.2, -0.15) is 0 Å². The minimum atomic E-state index is 0.142. The summed E-state index contributed by atoms with van der Waals surface area (Å²) in [6.07, 6.45) is 0. The van der Waals surface area contributed by atoms with Crippen LogP contribution in [0.1, 0.15) is 24.4 Å². The summed E-state index contributed by atoms with van der Waals surface area (Å²) in [5.74, 6) is 1.04. The molecule has 0 aliphatic carbocycles. The van der Waals surface area contributed by atoms with Crippen LogP contribution in [0.25, 0.3) is 11.0 Å². The number of aryl methyl sites for hydroxylation is 2. The van der Waals surface area contributed by atoms with Gasteiger partial charge >= 0.3 is 0 Å². The summed E-state index contributed by atoms with van der Waals surface area (Å²) >= 11 is 3.53. The average Bonchev–Trinajstić information content (AvgIpc) is 2.81. The van der Waals surface area contributed by atoms with Crippen molar-refractivity contribution in [3.8, 4) is 0 Å². The van der Waals surface area contributed by atoms with Gasteiger partial charge in [0.25, 0.3) is 0 Å². The molecule has 0 spiro atoms. The number of benzene rings is 2. The fraction of sp³-hybridized carbons (Fsp3) is 0.235. The molecule has 1 N–H and O–H groups in total. The minimum absolute atomic E-state index is 0.142. The Morgan fingerprint density at radius 2 is 1.95 bits per heavy atom. The van der Waals surface area contributed by atoms with Gasteiger partial charge in [0, 0.05) is 17.2 Å². The molecule has 2 aromatic carbocycles. The third-order valence-corrected chi connectivity index (χ3v) is 4.64. The van der Waals surface area contributed by atoms with Crippen LogP contribution in [-0.2, 0) is 7.05 Å². The Hall–Kier alpha value is -1.81. The van der Waals surface area contributed by atoms with Crippen LogP contribution in [-0.4, -0.2) is 9.55 Å². The molecule has 4 heteroatoms. The number of anilines is 1. The average molecular weight is 344 g/mol. The van der Waals surface area contributed by atoms with Crippen molar-refractivity contribution in [2.75, 3.05) is 5.32 Å². The molecule has 0 fully saturated rings. The van der Waals surface area contributed by atoms with Crippen molar-refractivity contribution in [1.82, 2.24) is 9.55 Å². The molecule has 1 aromatic heterocycles. The third-order valence-electron chi connectivity index (χ3n) is 3.75. The highest BCUT2D eigenvalue weighted by molar-refractivity contribution is 9.10. The molecule has 21 heavy (non-hydrogen) atoms. The first kappa shape index (κ1) is 14.1. The number of nitrogens with one attached hydrogen (secondary N) is 1. The number of hydrogen-bond acceptors (Lipinski definition) is 2. The second-order valence-corrected chi connectivity index (χ2v) is 6.20. The molecule has 1 heterocycles. The molecule has 0 saturated heterocycles. The van der Waals surface area contributed by atoms with Crippen molar-refractivity contribution < 1.29 is 0 Å². The molecule has 0 bridgehead atoms. The molecule has 0 radical (unpaired) electrons. The zero-order valence-electron chi connectivity index (χ0n) is 12.4. The molecule has 0 saturated carbocycles. The van der Waals surface area contributed by atoms with Crippen LogP contribution in [0.5, 0.6) is 0 Å². The van der Waals surface area contributed by atoms with Crippen molar-refractivity contribution in [1.29, 1.82) is 0 Å². The summed E-state index contributed by atoms with van der Waals surface area (Å²) < 4.78 is 3.28. The second-order valence-electron chi connectivity index (χ2n) is 5.35. The van der Waals surface area contributed by atoms with Crippen molar-refractivity contribution in [3.63, 3.8) is 0 Å². The normalized spacial score (nSPS) is 12.6. The molecule has 0 amide bonds. The third kappa shape index (κ3) is 2.68. The standard InChI is InChI=1S/C17H18BrN3/c1-11-10-13(8-9-14(11)18)19-12(2)17-20-15-6-4-5-7-16(15)21(17)3/h4-10,12,19H,1-3H3. The van der Waals surface area contributed by atoms with Crippen molar-refractivity contribution in [3.05, 3.63) is 58.3 Å². The van der Waals surface area contributed by atoms with E-state index < -0.39 is 0 Å². The molecular formula is C17H18BrN3. The molecule has 1 unspecified atom stereocenters. The highest BCUT2D eigenvalue weighted by Gasteiger charge is 2.14. The SMILES string of the molecule is Cc1cc(NC(C)c2nc3ccccc3n2C)ccc1Br. The van der Waals surface area contributed by atoms with Gasteiger partial charge in [-0.05, 0) is 49.7 Å². The predicted octanol–water partition coefficient (Wildman–Crippen LogP) is 4.82. The number of imidazole rings is 1. The molecule has 108 valence electrons. The lowest BCUT2D eigenvalue weighted by Crippen LogP contribution is -2.12.